The van der Waals surface area contributed by atoms with Gasteiger partial charge in [-0.3, -0.25) is 0 Å². The third-order valence-corrected chi connectivity index (χ3v) is 12.5. The van der Waals surface area contributed by atoms with E-state index in [0.29, 0.717) is 11.3 Å². The topological polar surface area (TPSA) is 52.1 Å². The zero-order valence-corrected chi connectivity index (χ0v) is 36.8. The number of furan rings is 2. The van der Waals surface area contributed by atoms with Crippen molar-refractivity contribution in [1.82, 2.24) is 9.97 Å². The van der Waals surface area contributed by atoms with Gasteiger partial charge in [0.25, 0.3) is 0 Å². The molecule has 0 atom stereocenters. The number of hydrogen-bond donors (Lipinski definition) is 0. The Morgan fingerprint density at radius 1 is 0.690 bits per heavy atom. The molecule has 58 heavy (non-hydrogen) atoms. The van der Waals surface area contributed by atoms with Crippen LogP contribution in [0, 0.1) is 25.0 Å². The number of para-hydroxylation sites is 1. The number of nitrogens with zero attached hydrogens (tertiary/aromatic N) is 2. The molecular weight excluding hydrogens is 905 g/mol. The summed E-state index contributed by atoms with van der Waals surface area (Å²) in [7, 11) is -1.31. The van der Waals surface area contributed by atoms with E-state index in [0.717, 1.165) is 71.8 Å². The molecule has 4 nitrogen and oxygen atoms in total. The van der Waals surface area contributed by atoms with Crippen molar-refractivity contribution in [1.29, 1.82) is 0 Å². The second-order valence-corrected chi connectivity index (χ2v) is 21.1. The summed E-state index contributed by atoms with van der Waals surface area (Å²) >= 11 is 0. The smallest absolute Gasteiger partial charge is 0.120 e. The summed E-state index contributed by atoms with van der Waals surface area (Å²) in [5.74, 6) is -0.159. The van der Waals surface area contributed by atoms with Crippen LogP contribution in [-0.4, -0.2) is 18.0 Å². The predicted molar refractivity (Wildman–Crippen MR) is 241 cm³/mol. The van der Waals surface area contributed by atoms with Gasteiger partial charge in [0.05, 0.1) is 19.2 Å². The maximum absolute atomic E-state index is 8.54. The molecule has 1 radical (unpaired) electrons. The molecule has 0 N–H and O–H groups in total. The summed E-state index contributed by atoms with van der Waals surface area (Å²) in [4.78, 5) is 9.24. The standard InChI is InChI=1S/C32H26NO.C20H18NOSi.Ir/c1-20(2)15-22-13-14-33-30(18-22)29-17-21(3)16-28-27-19-24(11-12-31(27)34-32(28)29)26-10-6-8-23-7-4-5-9-25(23)26;1-23(2,3)15-9-10-18(21-13-15)14-8-11-20-17(12-14)16-6-4-5-7-19(16)22-20;/h4-14,16,18-20H,15H2,1-3H3;4-7,9-13H,1-3H3;/q2*-1;/i15D2;;. The number of benzene rings is 6. The number of aryl methyl sites for hydroxylation is 1. The van der Waals surface area contributed by atoms with Crippen LogP contribution < -0.4 is 5.19 Å². The zero-order chi connectivity index (χ0) is 41.1. The Morgan fingerprint density at radius 3 is 2.24 bits per heavy atom. The van der Waals surface area contributed by atoms with Crippen molar-refractivity contribution < 1.29 is 31.7 Å². The zero-order valence-electron chi connectivity index (χ0n) is 35.4. The molecule has 0 saturated heterocycles. The minimum absolute atomic E-state index is 0. The van der Waals surface area contributed by atoms with E-state index in [9.17, 15) is 0 Å². The molecular formula is C52H44IrN2O2Si-2. The number of aromatic nitrogens is 2. The van der Waals surface area contributed by atoms with Gasteiger partial charge in [0, 0.05) is 46.0 Å². The molecule has 0 aliphatic heterocycles. The van der Waals surface area contributed by atoms with E-state index in [2.05, 4.69) is 127 Å². The van der Waals surface area contributed by atoms with Crippen LogP contribution in [0.15, 0.2) is 149 Å². The summed E-state index contributed by atoms with van der Waals surface area (Å²) in [5.41, 5.74) is 10.6. The fourth-order valence-electron chi connectivity index (χ4n) is 7.58. The molecule has 0 unspecified atom stereocenters. The van der Waals surface area contributed by atoms with E-state index in [-0.39, 0.29) is 26.0 Å². The Balaban J connectivity index is 0.000000179. The van der Waals surface area contributed by atoms with Crippen molar-refractivity contribution >= 4 is 67.9 Å². The fourth-order valence-corrected chi connectivity index (χ4v) is 8.62. The molecule has 0 amide bonds. The Hall–Kier alpha value is -5.65. The van der Waals surface area contributed by atoms with E-state index in [4.69, 9.17) is 11.6 Å². The Labute approximate surface area is 357 Å². The third kappa shape index (κ3) is 7.68. The number of rotatable bonds is 6. The van der Waals surface area contributed by atoms with Gasteiger partial charge in [-0.2, -0.15) is 0 Å². The first kappa shape index (κ1) is 36.7. The number of pyridine rings is 2. The molecule has 0 spiro atoms. The predicted octanol–water partition coefficient (Wildman–Crippen LogP) is 13.8. The normalized spacial score (nSPS) is 12.5. The Morgan fingerprint density at radius 2 is 1.45 bits per heavy atom. The van der Waals surface area contributed by atoms with E-state index in [1.807, 2.05) is 63.4 Å². The minimum Gasteiger partial charge on any atom is -0.501 e. The quantitative estimate of drug-likeness (QED) is 0.123. The van der Waals surface area contributed by atoms with Crippen LogP contribution in [0.4, 0.5) is 0 Å². The van der Waals surface area contributed by atoms with E-state index >= 15 is 0 Å². The molecule has 10 aromatic rings. The van der Waals surface area contributed by atoms with Gasteiger partial charge < -0.3 is 18.8 Å². The fraction of sp³-hybridized carbons (Fsp3) is 0.154. The van der Waals surface area contributed by atoms with Gasteiger partial charge in [0.2, 0.25) is 0 Å². The van der Waals surface area contributed by atoms with Gasteiger partial charge in [-0.25, -0.2) is 0 Å². The average Bonchev–Trinajstić information content (AvgIpc) is 3.80. The molecule has 0 aliphatic carbocycles. The van der Waals surface area contributed by atoms with Crippen LogP contribution in [0.3, 0.4) is 0 Å². The van der Waals surface area contributed by atoms with Crippen LogP contribution in [0.25, 0.3) is 88.3 Å². The molecule has 10 rings (SSSR count). The van der Waals surface area contributed by atoms with Crippen molar-refractivity contribution in [2.24, 2.45) is 5.92 Å². The van der Waals surface area contributed by atoms with Crippen molar-refractivity contribution in [2.45, 2.75) is 46.8 Å². The summed E-state index contributed by atoms with van der Waals surface area (Å²) in [6.07, 6.45) is 2.24. The largest absolute Gasteiger partial charge is 0.501 e. The second-order valence-electron chi connectivity index (χ2n) is 16.0. The van der Waals surface area contributed by atoms with E-state index in [1.54, 1.807) is 12.3 Å². The van der Waals surface area contributed by atoms with Crippen LogP contribution >= 0.6 is 0 Å². The van der Waals surface area contributed by atoms with Crippen molar-refractivity contribution in [3.05, 3.63) is 163 Å². The average molecular weight is 951 g/mol. The molecule has 289 valence electrons. The Bertz CT molecular complexity index is 3180. The molecule has 6 heteroatoms. The number of fused-ring (bicyclic) bond motifs is 7. The molecule has 4 heterocycles. The van der Waals surface area contributed by atoms with Crippen molar-refractivity contribution in [3.63, 3.8) is 0 Å². The van der Waals surface area contributed by atoms with E-state index < -0.39 is 14.4 Å². The first-order valence-corrected chi connectivity index (χ1v) is 23.0. The van der Waals surface area contributed by atoms with Gasteiger partial charge in [-0.05, 0) is 75.0 Å². The molecule has 0 saturated carbocycles. The van der Waals surface area contributed by atoms with Crippen molar-refractivity contribution in [2.75, 3.05) is 0 Å². The first-order chi connectivity index (χ1) is 28.3. The van der Waals surface area contributed by atoms with Crippen LogP contribution in [-0.2, 0) is 26.5 Å². The van der Waals surface area contributed by atoms with Gasteiger partial charge in [-0.15, -0.1) is 41.5 Å². The van der Waals surface area contributed by atoms with Gasteiger partial charge in [0.15, 0.2) is 0 Å². The molecule has 0 fully saturated rings. The molecule has 0 bridgehead atoms. The van der Waals surface area contributed by atoms with Crippen LogP contribution in [0.5, 0.6) is 0 Å². The summed E-state index contributed by atoms with van der Waals surface area (Å²) in [6.45, 7) is 12.8. The molecule has 6 aromatic carbocycles. The first-order valence-electron chi connectivity index (χ1n) is 20.5. The summed E-state index contributed by atoms with van der Waals surface area (Å²) in [6, 6.07) is 50.1. The maximum atomic E-state index is 8.54. The van der Waals surface area contributed by atoms with Gasteiger partial charge >= 0.3 is 0 Å². The maximum Gasteiger partial charge on any atom is 0.120 e. The second kappa shape index (κ2) is 15.9. The third-order valence-electron chi connectivity index (χ3n) is 10.4. The Kier molecular flexibility index (Phi) is 10.1. The minimum atomic E-state index is -1.46. The monoisotopic (exact) mass is 951 g/mol. The van der Waals surface area contributed by atoms with Crippen LogP contribution in [0.2, 0.25) is 19.6 Å². The number of hydrogen-bond acceptors (Lipinski definition) is 4. The molecule has 0 aliphatic rings. The van der Waals surface area contributed by atoms with Gasteiger partial charge in [0.1, 0.15) is 11.2 Å². The van der Waals surface area contributed by atoms with Crippen molar-refractivity contribution in [3.8, 4) is 33.6 Å². The molecule has 4 aromatic heterocycles. The van der Waals surface area contributed by atoms with E-state index in [1.165, 1.54) is 21.5 Å². The van der Waals surface area contributed by atoms with Gasteiger partial charge in [-0.1, -0.05) is 147 Å². The van der Waals surface area contributed by atoms with Crippen LogP contribution in [0.1, 0.15) is 27.7 Å². The SMILES string of the molecule is C[Si](C)(C)c1ccc(-c2[c-]cc3oc4ccccc4c3c2)nc1.[2H]C([2H])(c1ccnc(-c2[c-]c(C)cc3c2oc2ccc(-c4cccc5ccccc45)cc23)c1)C(C)C.[Ir]. The summed E-state index contributed by atoms with van der Waals surface area (Å²) < 4.78 is 29.3. The summed E-state index contributed by atoms with van der Waals surface area (Å²) in [5, 5.41) is 8.11.